The molecule has 0 aliphatic rings. The maximum Gasteiger partial charge on any atom is 0.416 e. The van der Waals surface area contributed by atoms with Crippen molar-refractivity contribution in [2.75, 3.05) is 0 Å². The Bertz CT molecular complexity index is 469. The molecule has 0 saturated heterocycles. The minimum absolute atomic E-state index is 0.267. The van der Waals surface area contributed by atoms with Crippen LogP contribution in [0.1, 0.15) is 23.7 Å². The van der Waals surface area contributed by atoms with Crippen LogP contribution in [-0.2, 0) is 6.18 Å². The van der Waals surface area contributed by atoms with Gasteiger partial charge in [0.05, 0.1) is 11.7 Å². The van der Waals surface area contributed by atoms with Crippen molar-refractivity contribution in [1.29, 1.82) is 0 Å². The van der Waals surface area contributed by atoms with Crippen molar-refractivity contribution < 1.29 is 35.8 Å². The zero-order valence-corrected chi connectivity index (χ0v) is 9.76. The summed E-state index contributed by atoms with van der Waals surface area (Å²) in [6, 6.07) is -1.34. The molecule has 20 heavy (non-hydrogen) atoms. The van der Waals surface area contributed by atoms with E-state index in [0.29, 0.717) is 12.1 Å². The van der Waals surface area contributed by atoms with E-state index in [1.807, 2.05) is 0 Å². The van der Waals surface area contributed by atoms with Crippen LogP contribution in [0.4, 0.5) is 30.7 Å². The van der Waals surface area contributed by atoms with Crippen molar-refractivity contribution in [3.8, 4) is 0 Å². The second-order valence-corrected chi connectivity index (χ2v) is 4.13. The molecular weight excluding hydrogens is 295 g/mol. The Labute approximate surface area is 109 Å². The molecule has 3 N–H and O–H groups in total. The number of alkyl halides is 6. The Balaban J connectivity index is 3.01. The molecule has 0 aromatic heterocycles. The number of nitrogens with two attached hydrogens (primary N) is 1. The van der Waals surface area contributed by atoms with Crippen molar-refractivity contribution in [3.63, 3.8) is 0 Å². The highest BCUT2D eigenvalue weighted by Crippen LogP contribution is 2.33. The molecule has 0 saturated carbocycles. The van der Waals surface area contributed by atoms with Gasteiger partial charge in [0.15, 0.2) is 0 Å². The Morgan fingerprint density at radius 1 is 1.10 bits per heavy atom. The number of halogens is 7. The van der Waals surface area contributed by atoms with Gasteiger partial charge in [0.1, 0.15) is 11.9 Å². The first-order chi connectivity index (χ1) is 8.93. The van der Waals surface area contributed by atoms with Gasteiger partial charge in [0, 0.05) is 12.0 Å². The topological polar surface area (TPSA) is 46.2 Å². The third kappa shape index (κ3) is 4.07. The lowest BCUT2D eigenvalue weighted by Crippen LogP contribution is -2.38. The average molecular weight is 305 g/mol. The SMILES string of the molecule is N[C@H](C[C@@H](O)c1cc(C(F)(F)F)ccc1F)C(F)(F)F. The van der Waals surface area contributed by atoms with Crippen molar-refractivity contribution in [1.82, 2.24) is 0 Å². The highest BCUT2D eigenvalue weighted by molar-refractivity contribution is 5.28. The lowest BCUT2D eigenvalue weighted by molar-refractivity contribution is -0.154. The van der Waals surface area contributed by atoms with Crippen molar-refractivity contribution in [3.05, 3.63) is 35.1 Å². The van der Waals surface area contributed by atoms with Gasteiger partial charge < -0.3 is 10.8 Å². The van der Waals surface area contributed by atoms with E-state index in [0.717, 1.165) is 0 Å². The number of benzene rings is 1. The van der Waals surface area contributed by atoms with Crippen LogP contribution in [0.3, 0.4) is 0 Å². The van der Waals surface area contributed by atoms with Crippen molar-refractivity contribution in [2.24, 2.45) is 5.73 Å². The number of aliphatic hydroxyl groups is 1. The zero-order chi connectivity index (χ0) is 15.7. The van der Waals surface area contributed by atoms with Gasteiger partial charge in [-0.25, -0.2) is 4.39 Å². The fraction of sp³-hybridized carbons (Fsp3) is 0.455. The molecule has 1 aromatic carbocycles. The largest absolute Gasteiger partial charge is 0.416 e. The molecule has 1 rings (SSSR count). The Kier molecular flexibility index (Phi) is 4.65. The van der Waals surface area contributed by atoms with E-state index >= 15 is 0 Å². The standard InChI is InChI=1S/C11H10F7NO/c12-7-2-1-5(10(13,14)15)3-6(7)8(20)4-9(19)11(16,17)18/h1-3,8-9,20H,4,19H2/t8-,9-/m1/s1. The van der Waals surface area contributed by atoms with Gasteiger partial charge in [-0.15, -0.1) is 0 Å². The highest BCUT2D eigenvalue weighted by Gasteiger charge is 2.39. The summed E-state index contributed by atoms with van der Waals surface area (Å²) in [5.41, 5.74) is 2.59. The minimum atomic E-state index is -4.83. The van der Waals surface area contributed by atoms with Gasteiger partial charge in [0.25, 0.3) is 0 Å². The molecule has 0 bridgehead atoms. The van der Waals surface area contributed by atoms with E-state index in [4.69, 9.17) is 5.73 Å². The minimum Gasteiger partial charge on any atom is -0.388 e. The Morgan fingerprint density at radius 3 is 2.10 bits per heavy atom. The van der Waals surface area contributed by atoms with Gasteiger partial charge in [-0.2, -0.15) is 26.3 Å². The molecule has 0 aliphatic heterocycles. The van der Waals surface area contributed by atoms with Crippen LogP contribution in [0.15, 0.2) is 18.2 Å². The fourth-order valence-corrected chi connectivity index (χ4v) is 1.48. The van der Waals surface area contributed by atoms with Crippen LogP contribution in [0.2, 0.25) is 0 Å². The molecule has 0 amide bonds. The fourth-order valence-electron chi connectivity index (χ4n) is 1.48. The number of hydrogen-bond acceptors (Lipinski definition) is 2. The molecule has 0 heterocycles. The van der Waals surface area contributed by atoms with E-state index in [2.05, 4.69) is 0 Å². The normalized spacial score (nSPS) is 16.1. The monoisotopic (exact) mass is 305 g/mol. The van der Waals surface area contributed by atoms with Gasteiger partial charge in [-0.05, 0) is 18.2 Å². The predicted molar refractivity (Wildman–Crippen MR) is 55.0 cm³/mol. The van der Waals surface area contributed by atoms with E-state index in [9.17, 15) is 35.8 Å². The second-order valence-electron chi connectivity index (χ2n) is 4.13. The number of aliphatic hydroxyl groups excluding tert-OH is 1. The predicted octanol–water partition coefficient (Wildman–Crippen LogP) is 3.16. The Hall–Kier alpha value is -1.35. The van der Waals surface area contributed by atoms with Crippen LogP contribution in [-0.4, -0.2) is 17.3 Å². The summed E-state index contributed by atoms with van der Waals surface area (Å²) in [5.74, 6) is -1.24. The molecule has 0 fully saturated rings. The summed E-state index contributed by atoms with van der Waals surface area (Å²) in [7, 11) is 0. The van der Waals surface area contributed by atoms with Gasteiger partial charge in [0.2, 0.25) is 0 Å². The molecular formula is C11H10F7NO. The quantitative estimate of drug-likeness (QED) is 0.843. The first kappa shape index (κ1) is 16.7. The first-order valence-corrected chi connectivity index (χ1v) is 5.30. The van der Waals surface area contributed by atoms with Gasteiger partial charge in [-0.3, -0.25) is 0 Å². The van der Waals surface area contributed by atoms with Crippen LogP contribution >= 0.6 is 0 Å². The third-order valence-electron chi connectivity index (χ3n) is 2.58. The molecule has 2 nitrogen and oxygen atoms in total. The molecule has 0 unspecified atom stereocenters. The van der Waals surface area contributed by atoms with E-state index < -0.39 is 47.9 Å². The summed E-state index contributed by atoms with van der Waals surface area (Å²) in [4.78, 5) is 0. The molecule has 0 radical (unpaired) electrons. The summed E-state index contributed by atoms with van der Waals surface area (Å²) in [6.45, 7) is 0. The highest BCUT2D eigenvalue weighted by atomic mass is 19.4. The van der Waals surface area contributed by atoms with Crippen LogP contribution in [0.25, 0.3) is 0 Å². The number of hydrogen-bond donors (Lipinski definition) is 2. The van der Waals surface area contributed by atoms with Gasteiger partial charge >= 0.3 is 12.4 Å². The summed E-state index contributed by atoms with van der Waals surface area (Å²) < 4.78 is 87.1. The van der Waals surface area contributed by atoms with Crippen LogP contribution in [0, 0.1) is 5.82 Å². The average Bonchev–Trinajstić information content (AvgIpc) is 2.26. The summed E-state index contributed by atoms with van der Waals surface area (Å²) in [5, 5.41) is 9.44. The molecule has 9 heteroatoms. The first-order valence-electron chi connectivity index (χ1n) is 5.30. The maximum absolute atomic E-state index is 13.3. The summed E-state index contributed by atoms with van der Waals surface area (Å²) >= 11 is 0. The van der Waals surface area contributed by atoms with Crippen LogP contribution < -0.4 is 5.73 Å². The van der Waals surface area contributed by atoms with Crippen molar-refractivity contribution in [2.45, 2.75) is 30.9 Å². The van der Waals surface area contributed by atoms with Gasteiger partial charge in [-0.1, -0.05) is 0 Å². The second kappa shape index (κ2) is 5.57. The van der Waals surface area contributed by atoms with E-state index in [1.165, 1.54) is 0 Å². The molecule has 0 aliphatic carbocycles. The lowest BCUT2D eigenvalue weighted by atomic mass is 9.99. The maximum atomic E-state index is 13.3. The molecule has 114 valence electrons. The molecule has 1 aromatic rings. The number of rotatable bonds is 3. The van der Waals surface area contributed by atoms with E-state index in [-0.39, 0.29) is 6.07 Å². The third-order valence-corrected chi connectivity index (χ3v) is 2.58. The molecule has 2 atom stereocenters. The van der Waals surface area contributed by atoms with Crippen LogP contribution in [0.5, 0.6) is 0 Å². The van der Waals surface area contributed by atoms with E-state index in [1.54, 1.807) is 0 Å². The van der Waals surface area contributed by atoms with Crippen molar-refractivity contribution >= 4 is 0 Å². The zero-order valence-electron chi connectivity index (χ0n) is 9.76. The summed E-state index contributed by atoms with van der Waals surface area (Å²) in [6.07, 6.45) is -12.9. The lowest BCUT2D eigenvalue weighted by Gasteiger charge is -2.20. The molecule has 0 spiro atoms. The smallest absolute Gasteiger partial charge is 0.388 e. The Morgan fingerprint density at radius 2 is 1.65 bits per heavy atom.